The SMILES string of the molecule is CSCC[C@@H](NC(=O)[C@@H](C)NC(=O)[C@@H](NC(=O)OCc1ccccc1)C(C)C)C(=O)CF. The first-order valence-corrected chi connectivity index (χ1v) is 11.7. The second-order valence-corrected chi connectivity index (χ2v) is 8.59. The van der Waals surface area contributed by atoms with Crippen molar-refractivity contribution >= 4 is 35.5 Å². The van der Waals surface area contributed by atoms with Gasteiger partial charge in [0.2, 0.25) is 11.8 Å². The van der Waals surface area contributed by atoms with Gasteiger partial charge < -0.3 is 20.7 Å². The molecule has 0 aliphatic rings. The van der Waals surface area contributed by atoms with Crippen molar-refractivity contribution in [1.82, 2.24) is 16.0 Å². The molecule has 0 fully saturated rings. The van der Waals surface area contributed by atoms with E-state index in [0.29, 0.717) is 12.2 Å². The molecule has 0 heterocycles. The number of thioether (sulfide) groups is 1. The average Bonchev–Trinajstić information content (AvgIpc) is 2.78. The molecule has 3 amide bonds. The summed E-state index contributed by atoms with van der Waals surface area (Å²) < 4.78 is 17.9. The number of ketones is 1. The monoisotopic (exact) mass is 469 g/mol. The van der Waals surface area contributed by atoms with Crippen LogP contribution in [0.3, 0.4) is 0 Å². The Morgan fingerprint density at radius 1 is 1.00 bits per heavy atom. The molecule has 0 aliphatic heterocycles. The number of hydrogen-bond donors (Lipinski definition) is 3. The molecule has 1 aromatic carbocycles. The third-order valence-corrected chi connectivity index (χ3v) is 5.28. The summed E-state index contributed by atoms with van der Waals surface area (Å²) in [6.07, 6.45) is 1.37. The molecule has 3 N–H and O–H groups in total. The minimum absolute atomic E-state index is 0.0535. The molecule has 178 valence electrons. The highest BCUT2D eigenvalue weighted by Crippen LogP contribution is 2.06. The van der Waals surface area contributed by atoms with Crippen LogP contribution in [0, 0.1) is 5.92 Å². The topological polar surface area (TPSA) is 114 Å². The van der Waals surface area contributed by atoms with Gasteiger partial charge >= 0.3 is 6.09 Å². The zero-order chi connectivity index (χ0) is 24.1. The summed E-state index contributed by atoms with van der Waals surface area (Å²) in [4.78, 5) is 49.0. The zero-order valence-electron chi connectivity index (χ0n) is 18.9. The van der Waals surface area contributed by atoms with Crippen LogP contribution in [0.2, 0.25) is 0 Å². The average molecular weight is 470 g/mol. The molecule has 0 aliphatic carbocycles. The smallest absolute Gasteiger partial charge is 0.408 e. The molecule has 8 nitrogen and oxygen atoms in total. The summed E-state index contributed by atoms with van der Waals surface area (Å²) in [7, 11) is 0. The van der Waals surface area contributed by atoms with Gasteiger partial charge in [-0.3, -0.25) is 14.4 Å². The predicted molar refractivity (Wildman–Crippen MR) is 122 cm³/mol. The van der Waals surface area contributed by atoms with Crippen LogP contribution < -0.4 is 16.0 Å². The molecule has 0 aromatic heterocycles. The van der Waals surface area contributed by atoms with E-state index in [2.05, 4.69) is 16.0 Å². The van der Waals surface area contributed by atoms with Gasteiger partial charge in [-0.1, -0.05) is 44.2 Å². The quantitative estimate of drug-likeness (QED) is 0.408. The Morgan fingerprint density at radius 2 is 1.66 bits per heavy atom. The maximum absolute atomic E-state index is 12.8. The van der Waals surface area contributed by atoms with Gasteiger partial charge in [-0.15, -0.1) is 0 Å². The number of alkyl halides is 1. The molecule has 1 rings (SSSR count). The Kier molecular flexibility index (Phi) is 12.4. The van der Waals surface area contributed by atoms with E-state index in [1.165, 1.54) is 18.7 Å². The second kappa shape index (κ2) is 14.4. The maximum Gasteiger partial charge on any atom is 0.408 e. The number of halogens is 1. The van der Waals surface area contributed by atoms with Crippen LogP contribution >= 0.6 is 11.8 Å². The molecule has 0 saturated carbocycles. The van der Waals surface area contributed by atoms with Gasteiger partial charge in [0.15, 0.2) is 5.78 Å². The lowest BCUT2D eigenvalue weighted by atomic mass is 10.0. The number of carbonyl (C=O) groups excluding carboxylic acids is 4. The molecule has 1 aromatic rings. The number of amides is 3. The first-order valence-electron chi connectivity index (χ1n) is 10.3. The highest BCUT2D eigenvalue weighted by atomic mass is 32.2. The van der Waals surface area contributed by atoms with Crippen LogP contribution in [0.1, 0.15) is 32.8 Å². The number of rotatable bonds is 13. The Labute approximate surface area is 192 Å². The van der Waals surface area contributed by atoms with Crippen molar-refractivity contribution in [3.63, 3.8) is 0 Å². The van der Waals surface area contributed by atoms with Gasteiger partial charge in [-0.05, 0) is 36.8 Å². The third kappa shape index (κ3) is 9.67. The van der Waals surface area contributed by atoms with Crippen molar-refractivity contribution in [2.75, 3.05) is 18.7 Å². The number of alkyl carbamates (subject to hydrolysis) is 1. The van der Waals surface area contributed by atoms with Crippen molar-refractivity contribution in [3.8, 4) is 0 Å². The fraction of sp³-hybridized carbons (Fsp3) is 0.545. The maximum atomic E-state index is 12.8. The molecule has 0 radical (unpaired) electrons. The Balaban J connectivity index is 2.64. The molecule has 3 atom stereocenters. The van der Waals surface area contributed by atoms with E-state index in [1.807, 2.05) is 24.5 Å². The summed E-state index contributed by atoms with van der Waals surface area (Å²) in [6.45, 7) is 3.81. The van der Waals surface area contributed by atoms with E-state index >= 15 is 0 Å². The Hall–Kier alpha value is -2.62. The van der Waals surface area contributed by atoms with Gasteiger partial charge in [0.25, 0.3) is 0 Å². The minimum Gasteiger partial charge on any atom is -0.445 e. The van der Waals surface area contributed by atoms with E-state index in [9.17, 15) is 23.6 Å². The van der Waals surface area contributed by atoms with E-state index in [-0.39, 0.29) is 12.5 Å². The van der Waals surface area contributed by atoms with Crippen LogP contribution in [-0.2, 0) is 25.7 Å². The van der Waals surface area contributed by atoms with Gasteiger partial charge in [0.05, 0.1) is 6.04 Å². The molecule has 32 heavy (non-hydrogen) atoms. The summed E-state index contributed by atoms with van der Waals surface area (Å²) >= 11 is 1.47. The highest BCUT2D eigenvalue weighted by molar-refractivity contribution is 7.98. The van der Waals surface area contributed by atoms with Crippen molar-refractivity contribution in [2.45, 2.75) is 51.9 Å². The van der Waals surface area contributed by atoms with Crippen LogP contribution in [-0.4, -0.2) is 60.5 Å². The first kappa shape index (κ1) is 27.4. The lowest BCUT2D eigenvalue weighted by molar-refractivity contribution is -0.132. The highest BCUT2D eigenvalue weighted by Gasteiger charge is 2.29. The minimum atomic E-state index is -1.18. The van der Waals surface area contributed by atoms with Crippen LogP contribution in [0.15, 0.2) is 30.3 Å². The lowest BCUT2D eigenvalue weighted by Gasteiger charge is -2.24. The molecule has 10 heteroatoms. The summed E-state index contributed by atoms with van der Waals surface area (Å²) in [6, 6.07) is 6.22. The van der Waals surface area contributed by atoms with Gasteiger partial charge in [0.1, 0.15) is 25.4 Å². The summed E-state index contributed by atoms with van der Waals surface area (Å²) in [5.74, 6) is -1.61. The van der Waals surface area contributed by atoms with Crippen molar-refractivity contribution in [2.24, 2.45) is 5.92 Å². The number of hydrogen-bond acceptors (Lipinski definition) is 6. The normalized spacial score (nSPS) is 13.6. The van der Waals surface area contributed by atoms with E-state index in [1.54, 1.807) is 26.0 Å². The fourth-order valence-electron chi connectivity index (χ4n) is 2.73. The second-order valence-electron chi connectivity index (χ2n) is 7.60. The molecule has 0 saturated heterocycles. The summed E-state index contributed by atoms with van der Waals surface area (Å²) in [5, 5.41) is 7.53. The van der Waals surface area contributed by atoms with Gasteiger partial charge in [-0.25, -0.2) is 9.18 Å². The van der Waals surface area contributed by atoms with Crippen LogP contribution in [0.4, 0.5) is 9.18 Å². The molecular formula is C22H32FN3O5S. The summed E-state index contributed by atoms with van der Waals surface area (Å²) in [5.41, 5.74) is 0.803. The molecular weight excluding hydrogens is 437 g/mol. The van der Waals surface area contributed by atoms with Gasteiger partial charge in [0, 0.05) is 0 Å². The predicted octanol–water partition coefficient (Wildman–Crippen LogP) is 2.22. The molecule has 0 bridgehead atoms. The number of ether oxygens (including phenoxy) is 1. The van der Waals surface area contributed by atoms with Crippen LogP contribution in [0.5, 0.6) is 0 Å². The van der Waals surface area contributed by atoms with Crippen molar-refractivity contribution < 1.29 is 28.3 Å². The van der Waals surface area contributed by atoms with Crippen molar-refractivity contribution in [3.05, 3.63) is 35.9 Å². The number of Topliss-reactive ketones (excluding diaryl/α,β-unsaturated/α-hetero) is 1. The van der Waals surface area contributed by atoms with E-state index < -0.39 is 48.5 Å². The third-order valence-electron chi connectivity index (χ3n) is 4.63. The molecule has 0 unspecified atom stereocenters. The van der Waals surface area contributed by atoms with Gasteiger partial charge in [-0.2, -0.15) is 11.8 Å². The zero-order valence-corrected chi connectivity index (χ0v) is 19.7. The lowest BCUT2D eigenvalue weighted by Crippen LogP contribution is -2.56. The number of carbonyl (C=O) groups is 4. The van der Waals surface area contributed by atoms with E-state index in [0.717, 1.165) is 5.56 Å². The first-order chi connectivity index (χ1) is 15.2. The van der Waals surface area contributed by atoms with Crippen LogP contribution in [0.25, 0.3) is 0 Å². The Bertz CT molecular complexity index is 763. The number of benzene rings is 1. The van der Waals surface area contributed by atoms with Crippen molar-refractivity contribution in [1.29, 1.82) is 0 Å². The standard InChI is InChI=1S/C22H32FN3O5S/c1-14(2)19(26-22(30)31-13-16-8-6-5-7-9-16)21(29)24-15(3)20(28)25-17(10-11-32-4)18(27)12-23/h5-9,14-15,17,19H,10-13H2,1-4H3,(H,24,29)(H,25,28)(H,26,30)/t15-,17-,19+/m1/s1. The molecule has 0 spiro atoms. The Morgan fingerprint density at radius 3 is 2.22 bits per heavy atom. The number of nitrogens with one attached hydrogen (secondary N) is 3. The van der Waals surface area contributed by atoms with E-state index in [4.69, 9.17) is 4.74 Å². The largest absolute Gasteiger partial charge is 0.445 e. The fourth-order valence-corrected chi connectivity index (χ4v) is 3.21.